The van der Waals surface area contributed by atoms with E-state index in [1.807, 2.05) is 6.92 Å². The van der Waals surface area contributed by atoms with E-state index in [9.17, 15) is 9.59 Å². The number of aromatic nitrogens is 1. The van der Waals surface area contributed by atoms with Crippen molar-refractivity contribution in [3.63, 3.8) is 0 Å². The molecule has 0 aromatic carbocycles. The van der Waals surface area contributed by atoms with Gasteiger partial charge in [0.15, 0.2) is 0 Å². The summed E-state index contributed by atoms with van der Waals surface area (Å²) in [6.07, 6.45) is 0. The molecule has 19 heavy (non-hydrogen) atoms. The molecular formula is C12H18N2O4S. The average Bonchev–Trinajstić information content (AvgIpc) is 2.87. The van der Waals surface area contributed by atoms with E-state index >= 15 is 0 Å². The second-order valence-electron chi connectivity index (χ2n) is 3.98. The van der Waals surface area contributed by atoms with Gasteiger partial charge in [-0.3, -0.25) is 4.79 Å². The number of amides is 1. The van der Waals surface area contributed by atoms with Crippen LogP contribution >= 0.6 is 11.3 Å². The Bertz CT molecular complexity index is 447. The van der Waals surface area contributed by atoms with Gasteiger partial charge in [0.25, 0.3) is 5.91 Å². The standard InChI is InChI=1S/C12H18N2O4S/c1-5-18-12(16)10-13-9(7-19-10)11(15)14(3)8(2)6-17-4/h7-8H,5-6H2,1-4H3. The van der Waals surface area contributed by atoms with Crippen molar-refractivity contribution in [2.45, 2.75) is 19.9 Å². The van der Waals surface area contributed by atoms with Gasteiger partial charge in [0, 0.05) is 19.5 Å². The van der Waals surface area contributed by atoms with Crippen LogP contribution in [0.2, 0.25) is 0 Å². The number of thiazole rings is 1. The summed E-state index contributed by atoms with van der Waals surface area (Å²) in [6, 6.07) is -0.0646. The van der Waals surface area contributed by atoms with E-state index in [0.29, 0.717) is 6.61 Å². The molecule has 0 fully saturated rings. The van der Waals surface area contributed by atoms with E-state index in [1.165, 1.54) is 4.90 Å². The van der Waals surface area contributed by atoms with Crippen LogP contribution in [-0.4, -0.2) is 55.2 Å². The fourth-order valence-electron chi connectivity index (χ4n) is 1.39. The topological polar surface area (TPSA) is 68.7 Å². The number of esters is 1. The maximum Gasteiger partial charge on any atom is 0.367 e. The molecule has 0 bridgehead atoms. The van der Waals surface area contributed by atoms with E-state index in [1.54, 1.807) is 26.5 Å². The molecule has 1 heterocycles. The van der Waals surface area contributed by atoms with Gasteiger partial charge in [-0.25, -0.2) is 9.78 Å². The lowest BCUT2D eigenvalue weighted by molar-refractivity contribution is 0.0525. The van der Waals surface area contributed by atoms with Gasteiger partial charge >= 0.3 is 5.97 Å². The Balaban J connectivity index is 2.75. The van der Waals surface area contributed by atoms with Crippen LogP contribution in [0.1, 0.15) is 34.1 Å². The predicted octanol–water partition coefficient (Wildman–Crippen LogP) is 1.43. The fraction of sp³-hybridized carbons (Fsp3) is 0.583. The first-order valence-electron chi connectivity index (χ1n) is 5.90. The van der Waals surface area contributed by atoms with Crippen molar-refractivity contribution in [2.75, 3.05) is 27.4 Å². The first-order valence-corrected chi connectivity index (χ1v) is 6.78. The molecule has 0 radical (unpaired) electrons. The predicted molar refractivity (Wildman–Crippen MR) is 71.5 cm³/mol. The molecule has 0 saturated carbocycles. The second kappa shape index (κ2) is 7.20. The molecule has 7 heteroatoms. The van der Waals surface area contributed by atoms with Crippen LogP contribution in [0.25, 0.3) is 0 Å². The minimum absolute atomic E-state index is 0.0646. The highest BCUT2D eigenvalue weighted by Crippen LogP contribution is 2.13. The van der Waals surface area contributed by atoms with E-state index in [-0.39, 0.29) is 29.3 Å². The summed E-state index contributed by atoms with van der Waals surface area (Å²) >= 11 is 1.10. The minimum atomic E-state index is -0.501. The number of carbonyl (C=O) groups is 2. The van der Waals surface area contributed by atoms with E-state index in [0.717, 1.165) is 11.3 Å². The third kappa shape index (κ3) is 4.00. The van der Waals surface area contributed by atoms with Gasteiger partial charge in [0.1, 0.15) is 5.69 Å². The lowest BCUT2D eigenvalue weighted by Crippen LogP contribution is -2.38. The first-order chi connectivity index (χ1) is 9.01. The van der Waals surface area contributed by atoms with E-state index < -0.39 is 5.97 Å². The molecule has 0 spiro atoms. The summed E-state index contributed by atoms with van der Waals surface area (Å²) in [4.78, 5) is 29.1. The molecule has 0 aliphatic heterocycles. The zero-order valence-electron chi connectivity index (χ0n) is 11.5. The lowest BCUT2D eigenvalue weighted by Gasteiger charge is -2.23. The summed E-state index contributed by atoms with van der Waals surface area (Å²) in [5.41, 5.74) is 0.249. The summed E-state index contributed by atoms with van der Waals surface area (Å²) in [5.74, 6) is -0.740. The summed E-state index contributed by atoms with van der Waals surface area (Å²) in [6.45, 7) is 4.32. The Morgan fingerprint density at radius 3 is 2.79 bits per heavy atom. The van der Waals surface area contributed by atoms with Crippen molar-refractivity contribution < 1.29 is 19.1 Å². The number of hydrogen-bond donors (Lipinski definition) is 0. The largest absolute Gasteiger partial charge is 0.461 e. The van der Waals surface area contributed by atoms with Gasteiger partial charge in [-0.15, -0.1) is 11.3 Å². The number of methoxy groups -OCH3 is 1. The molecule has 106 valence electrons. The van der Waals surface area contributed by atoms with Gasteiger partial charge in [-0.05, 0) is 13.8 Å². The van der Waals surface area contributed by atoms with Crippen LogP contribution in [0.5, 0.6) is 0 Å². The Morgan fingerprint density at radius 2 is 2.21 bits per heavy atom. The van der Waals surface area contributed by atoms with Crippen LogP contribution in [0.15, 0.2) is 5.38 Å². The van der Waals surface area contributed by atoms with Crippen LogP contribution in [-0.2, 0) is 9.47 Å². The maximum atomic E-state index is 12.1. The van der Waals surface area contributed by atoms with Crippen LogP contribution < -0.4 is 0 Å². The smallest absolute Gasteiger partial charge is 0.367 e. The third-order valence-electron chi connectivity index (χ3n) is 2.56. The molecule has 1 rings (SSSR count). The molecule has 0 N–H and O–H groups in total. The number of hydrogen-bond acceptors (Lipinski definition) is 6. The molecule has 1 amide bonds. The molecule has 1 unspecified atom stereocenters. The second-order valence-corrected chi connectivity index (χ2v) is 4.84. The molecule has 1 aromatic heterocycles. The first kappa shape index (κ1) is 15.6. The van der Waals surface area contributed by atoms with Crippen molar-refractivity contribution in [2.24, 2.45) is 0 Å². The molecule has 1 aromatic rings. The Morgan fingerprint density at radius 1 is 1.53 bits per heavy atom. The number of nitrogens with zero attached hydrogens (tertiary/aromatic N) is 2. The number of rotatable bonds is 6. The van der Waals surface area contributed by atoms with Crippen molar-refractivity contribution in [1.82, 2.24) is 9.88 Å². The zero-order chi connectivity index (χ0) is 14.4. The fourth-order valence-corrected chi connectivity index (χ4v) is 2.08. The normalized spacial score (nSPS) is 12.0. The minimum Gasteiger partial charge on any atom is -0.461 e. The van der Waals surface area contributed by atoms with E-state index in [2.05, 4.69) is 4.98 Å². The van der Waals surface area contributed by atoms with Gasteiger partial charge in [0.2, 0.25) is 5.01 Å². The molecule has 6 nitrogen and oxygen atoms in total. The lowest BCUT2D eigenvalue weighted by atomic mass is 10.3. The van der Waals surface area contributed by atoms with Gasteiger partial charge < -0.3 is 14.4 Å². The molecule has 0 saturated heterocycles. The van der Waals surface area contributed by atoms with Gasteiger partial charge in [-0.1, -0.05) is 0 Å². The van der Waals surface area contributed by atoms with Gasteiger partial charge in [-0.2, -0.15) is 0 Å². The van der Waals surface area contributed by atoms with Crippen LogP contribution in [0, 0.1) is 0 Å². The third-order valence-corrected chi connectivity index (χ3v) is 3.39. The van der Waals surface area contributed by atoms with Crippen LogP contribution in [0.3, 0.4) is 0 Å². The highest BCUT2D eigenvalue weighted by atomic mass is 32.1. The highest BCUT2D eigenvalue weighted by Gasteiger charge is 2.21. The van der Waals surface area contributed by atoms with Crippen molar-refractivity contribution in [3.8, 4) is 0 Å². The summed E-state index contributed by atoms with van der Waals surface area (Å²) in [5, 5.41) is 1.75. The number of likely N-dealkylation sites (N-methyl/N-ethyl adjacent to an activating group) is 1. The van der Waals surface area contributed by atoms with Crippen molar-refractivity contribution in [1.29, 1.82) is 0 Å². The SMILES string of the molecule is CCOC(=O)c1nc(C(=O)N(C)C(C)COC)cs1. The monoisotopic (exact) mass is 286 g/mol. The van der Waals surface area contributed by atoms with Crippen molar-refractivity contribution in [3.05, 3.63) is 16.1 Å². The number of ether oxygens (including phenoxy) is 2. The van der Waals surface area contributed by atoms with Gasteiger partial charge in [0.05, 0.1) is 19.3 Å². The number of carbonyl (C=O) groups excluding carboxylic acids is 2. The van der Waals surface area contributed by atoms with E-state index in [4.69, 9.17) is 9.47 Å². The van der Waals surface area contributed by atoms with Crippen LogP contribution in [0.4, 0.5) is 0 Å². The quantitative estimate of drug-likeness (QED) is 0.740. The Hall–Kier alpha value is -1.47. The molecule has 0 aliphatic carbocycles. The summed E-state index contributed by atoms with van der Waals surface area (Å²) in [7, 11) is 3.26. The summed E-state index contributed by atoms with van der Waals surface area (Å²) < 4.78 is 9.83. The molecule has 1 atom stereocenters. The Kier molecular flexibility index (Phi) is 5.91. The molecule has 0 aliphatic rings. The zero-order valence-corrected chi connectivity index (χ0v) is 12.3. The Labute approximate surface area is 116 Å². The highest BCUT2D eigenvalue weighted by molar-refractivity contribution is 7.11. The average molecular weight is 286 g/mol. The maximum absolute atomic E-state index is 12.1. The van der Waals surface area contributed by atoms with Crippen molar-refractivity contribution >= 4 is 23.2 Å². The molecular weight excluding hydrogens is 268 g/mol.